The minimum atomic E-state index is -3.91. The van der Waals surface area contributed by atoms with Crippen molar-refractivity contribution in [2.75, 3.05) is 11.9 Å². The highest BCUT2D eigenvalue weighted by Gasteiger charge is 2.47. The minimum Gasteiger partial charge on any atom is -0.481 e. The molecule has 2 aromatic rings. The first kappa shape index (κ1) is 37.9. The Kier molecular flexibility index (Phi) is 12.5. The third kappa shape index (κ3) is 9.38. The summed E-state index contributed by atoms with van der Waals surface area (Å²) in [4.78, 5) is 39.3. The number of nitrogens with one attached hydrogen (secondary N) is 3. The molecule has 2 saturated carbocycles. The van der Waals surface area contributed by atoms with Crippen LogP contribution in [0, 0.1) is 17.8 Å². The van der Waals surface area contributed by atoms with Crippen molar-refractivity contribution < 1.29 is 37.8 Å². The quantitative estimate of drug-likeness (QED) is 0.135. The summed E-state index contributed by atoms with van der Waals surface area (Å²) in [5.74, 6) is -2.43. The van der Waals surface area contributed by atoms with E-state index in [1.54, 1.807) is 36.4 Å². The number of carbonyl (C=O) groups is 3. The van der Waals surface area contributed by atoms with Gasteiger partial charge in [0, 0.05) is 23.9 Å². The number of halogens is 1. The Morgan fingerprint density at radius 3 is 2.45 bits per heavy atom. The molecule has 5 unspecified atom stereocenters. The van der Waals surface area contributed by atoms with Crippen LogP contribution in [0.5, 0.6) is 0 Å². The maximum Gasteiger partial charge on any atom is 0.326 e. The van der Waals surface area contributed by atoms with Crippen molar-refractivity contribution >= 4 is 57.1 Å². The van der Waals surface area contributed by atoms with E-state index in [0.29, 0.717) is 17.9 Å². The van der Waals surface area contributed by atoms with E-state index >= 15 is 0 Å². The van der Waals surface area contributed by atoms with Gasteiger partial charge in [-0.2, -0.15) is 0 Å². The van der Waals surface area contributed by atoms with Crippen LogP contribution in [0.25, 0.3) is 0 Å². The van der Waals surface area contributed by atoms with Crippen molar-refractivity contribution in [3.05, 3.63) is 52.5 Å². The van der Waals surface area contributed by atoms with Gasteiger partial charge in [0.05, 0.1) is 36.0 Å². The van der Waals surface area contributed by atoms with E-state index in [2.05, 4.69) is 14.8 Å². The van der Waals surface area contributed by atoms with Gasteiger partial charge in [-0.25, -0.2) is 22.7 Å². The van der Waals surface area contributed by atoms with Crippen LogP contribution in [-0.4, -0.2) is 66.2 Å². The molecule has 0 aromatic heterocycles. The monoisotopic (exact) mass is 762 g/mol. The lowest BCUT2D eigenvalue weighted by Gasteiger charge is -2.33. The van der Waals surface area contributed by atoms with E-state index in [1.165, 1.54) is 42.5 Å². The number of rotatable bonds is 15. The van der Waals surface area contributed by atoms with Gasteiger partial charge in [0.15, 0.2) is 0 Å². The fraction of sp³-hybridized carbons (Fsp3) is 0.583. The zero-order valence-electron chi connectivity index (χ0n) is 28.5. The Labute approximate surface area is 308 Å². The predicted octanol–water partition coefficient (Wildman–Crippen LogP) is 5.99. The summed E-state index contributed by atoms with van der Waals surface area (Å²) < 4.78 is 38.2. The summed E-state index contributed by atoms with van der Waals surface area (Å²) in [6.07, 6.45) is 10.3. The van der Waals surface area contributed by atoms with E-state index in [-0.39, 0.29) is 66.6 Å². The van der Waals surface area contributed by atoms with Crippen LogP contribution in [0.4, 0.5) is 5.69 Å². The van der Waals surface area contributed by atoms with E-state index in [4.69, 9.17) is 16.3 Å². The number of nitrogens with zero attached hydrogens (tertiary/aromatic N) is 1. The molecule has 2 aliphatic carbocycles. The van der Waals surface area contributed by atoms with Crippen LogP contribution >= 0.6 is 23.5 Å². The molecular weight excluding hydrogens is 716 g/mol. The Balaban J connectivity index is 0.962. The molecule has 5 atom stereocenters. The average molecular weight is 763 g/mol. The lowest BCUT2D eigenvalue weighted by molar-refractivity contribution is -0.151. The summed E-state index contributed by atoms with van der Waals surface area (Å²) in [6.45, 7) is 0.0672. The van der Waals surface area contributed by atoms with Gasteiger partial charge in [-0.1, -0.05) is 74.4 Å². The van der Waals surface area contributed by atoms with Crippen molar-refractivity contribution in [2.45, 2.75) is 118 Å². The zero-order valence-corrected chi connectivity index (χ0v) is 30.9. The summed E-state index contributed by atoms with van der Waals surface area (Å²) in [5, 5.41) is 23.1. The number of carboxylic acid groups (broad SMARTS) is 2. The molecule has 51 heavy (non-hydrogen) atoms. The van der Waals surface area contributed by atoms with Gasteiger partial charge in [0.1, 0.15) is 10.9 Å². The van der Waals surface area contributed by atoms with Crippen molar-refractivity contribution in [3.63, 3.8) is 0 Å². The number of hydrogen-bond acceptors (Lipinski definition) is 9. The number of anilines is 1. The van der Waals surface area contributed by atoms with Crippen LogP contribution in [0.15, 0.2) is 46.2 Å². The molecule has 2 aliphatic heterocycles. The molecule has 278 valence electrons. The molecule has 12 nitrogen and oxygen atoms in total. The second kappa shape index (κ2) is 16.9. The first-order chi connectivity index (χ1) is 24.5. The van der Waals surface area contributed by atoms with E-state index < -0.39 is 33.9 Å². The van der Waals surface area contributed by atoms with Gasteiger partial charge in [0.25, 0.3) is 0 Å². The van der Waals surface area contributed by atoms with Crippen LogP contribution in [0.1, 0.15) is 88.2 Å². The van der Waals surface area contributed by atoms with Gasteiger partial charge in [-0.15, -0.1) is 0 Å². The van der Waals surface area contributed by atoms with Crippen LogP contribution in [0.2, 0.25) is 5.02 Å². The lowest BCUT2D eigenvalue weighted by Crippen LogP contribution is -2.46. The number of benzene rings is 2. The first-order valence-corrected chi connectivity index (χ1v) is 20.6. The molecule has 15 heteroatoms. The van der Waals surface area contributed by atoms with Crippen molar-refractivity contribution in [1.82, 2.24) is 14.3 Å². The fourth-order valence-corrected chi connectivity index (χ4v) is 10.5. The number of carboxylic acids is 2. The standard InChI is InChI=1S/C36H47ClN4O8S2/c37-27-17-28-31(50-40-33(39-28)15-22-5-1-2-6-22)18-32(27)51(47,48)38-19-23-9-11-24(12-10-23)20-49-21-26(35(43)44)13-14-34(42)41-29-8-4-3-7-25(29)16-30(41)36(45)46/h9-12,17-18,22,25-26,29-30,33,38-40H,1-8,13-16,19-21H2,(H,43,44)(H,45,46). The highest BCUT2D eigenvalue weighted by atomic mass is 35.5. The number of ether oxygens (including phenoxy) is 1. The average Bonchev–Trinajstić information content (AvgIpc) is 3.77. The number of amides is 1. The predicted molar refractivity (Wildman–Crippen MR) is 194 cm³/mol. The summed E-state index contributed by atoms with van der Waals surface area (Å²) >= 11 is 7.90. The largest absolute Gasteiger partial charge is 0.481 e. The van der Waals surface area contributed by atoms with Gasteiger partial charge in [-0.05, 0) is 79.1 Å². The topological polar surface area (TPSA) is 174 Å². The van der Waals surface area contributed by atoms with Crippen molar-refractivity contribution in [2.24, 2.45) is 17.8 Å². The molecule has 1 saturated heterocycles. The summed E-state index contributed by atoms with van der Waals surface area (Å²) in [6, 6.07) is 9.43. The van der Waals surface area contributed by atoms with Crippen LogP contribution in [0.3, 0.4) is 0 Å². The number of sulfonamides is 1. The molecule has 6 rings (SSSR count). The van der Waals surface area contributed by atoms with Gasteiger partial charge in [-0.3, -0.25) is 9.59 Å². The Bertz CT molecular complexity index is 1690. The van der Waals surface area contributed by atoms with E-state index in [0.717, 1.165) is 48.3 Å². The highest BCUT2D eigenvalue weighted by Crippen LogP contribution is 2.41. The maximum atomic E-state index is 13.2. The first-order valence-electron chi connectivity index (χ1n) is 17.9. The van der Waals surface area contributed by atoms with Crippen molar-refractivity contribution in [1.29, 1.82) is 0 Å². The third-order valence-corrected chi connectivity index (χ3v) is 13.6. The molecule has 5 N–H and O–H groups in total. The Morgan fingerprint density at radius 1 is 1.02 bits per heavy atom. The lowest BCUT2D eigenvalue weighted by atomic mass is 9.84. The molecule has 0 spiro atoms. The molecule has 4 aliphatic rings. The van der Waals surface area contributed by atoms with E-state index in [1.807, 2.05) is 0 Å². The molecule has 0 bridgehead atoms. The molecule has 1 amide bonds. The molecular formula is C36H47ClN4O8S2. The Morgan fingerprint density at radius 2 is 1.73 bits per heavy atom. The number of carbonyl (C=O) groups excluding carboxylic acids is 1. The second-order valence-corrected chi connectivity index (χ2v) is 17.3. The molecule has 2 heterocycles. The summed E-state index contributed by atoms with van der Waals surface area (Å²) in [5.41, 5.74) is 2.31. The molecule has 2 aromatic carbocycles. The third-order valence-electron chi connectivity index (χ3n) is 10.8. The van der Waals surface area contributed by atoms with Crippen molar-refractivity contribution in [3.8, 4) is 0 Å². The SMILES string of the molecule is O=C(O)C(CCC(=O)N1C(C(=O)O)CC2CCCCC21)COCc1ccc(CNS(=O)(=O)c2cc3c(cc2Cl)NC(CC2CCCC2)NS3)cc1. The number of fused-ring (bicyclic) bond motifs is 2. The minimum absolute atomic E-state index is 0.00767. The maximum absolute atomic E-state index is 13.2. The highest BCUT2D eigenvalue weighted by molar-refractivity contribution is 7.97. The smallest absolute Gasteiger partial charge is 0.326 e. The normalized spacial score (nSPS) is 24.1. The van der Waals surface area contributed by atoms with E-state index in [9.17, 15) is 33.0 Å². The molecule has 0 radical (unpaired) electrons. The number of hydrogen-bond donors (Lipinski definition) is 5. The van der Waals surface area contributed by atoms with Gasteiger partial charge in [0.2, 0.25) is 15.9 Å². The summed E-state index contributed by atoms with van der Waals surface area (Å²) in [7, 11) is -3.91. The number of aliphatic carboxylic acids is 2. The molecule has 3 fully saturated rings. The Hall–Kier alpha value is -2.88. The second-order valence-electron chi connectivity index (χ2n) is 14.3. The van der Waals surface area contributed by atoms with Gasteiger partial charge >= 0.3 is 11.9 Å². The van der Waals surface area contributed by atoms with Crippen LogP contribution < -0.4 is 14.8 Å². The van der Waals surface area contributed by atoms with Gasteiger partial charge < -0.3 is 25.2 Å². The fourth-order valence-electron chi connectivity index (χ4n) is 8.05. The van der Waals surface area contributed by atoms with Crippen LogP contribution in [-0.2, 0) is 42.3 Å². The zero-order chi connectivity index (χ0) is 36.1. The number of likely N-dealkylation sites (tertiary alicyclic amines) is 1.